The summed E-state index contributed by atoms with van der Waals surface area (Å²) < 4.78 is 30.8. The van der Waals surface area contributed by atoms with E-state index in [2.05, 4.69) is 123 Å². The lowest BCUT2D eigenvalue weighted by Gasteiger charge is -2.27. The molecule has 3 atom stereocenters. The average Bonchev–Trinajstić information content (AvgIpc) is 3.46. The predicted molar refractivity (Wildman–Crippen MR) is 360 cm³/mol. The first-order valence-corrected chi connectivity index (χ1v) is 35.7. The average molecular weight is 1180 g/mol. The number of unbranched alkanes of at least 4 members (excludes halogenated alkanes) is 29. The van der Waals surface area contributed by atoms with Crippen LogP contribution in [0.25, 0.3) is 0 Å². The van der Waals surface area contributed by atoms with Crippen molar-refractivity contribution in [2.24, 2.45) is 0 Å². The van der Waals surface area contributed by atoms with Gasteiger partial charge >= 0.3 is 13.8 Å². The van der Waals surface area contributed by atoms with Gasteiger partial charge in [0.15, 0.2) is 0 Å². The maximum Gasteiger partial charge on any atom is 0.472 e. The van der Waals surface area contributed by atoms with Crippen molar-refractivity contribution in [2.75, 3.05) is 40.9 Å². The van der Waals surface area contributed by atoms with Crippen molar-refractivity contribution >= 4 is 19.7 Å². The highest BCUT2D eigenvalue weighted by atomic mass is 31.2. The van der Waals surface area contributed by atoms with Gasteiger partial charge in [0.1, 0.15) is 19.3 Å². The first kappa shape index (κ1) is 79.7. The third-order valence-electron chi connectivity index (χ3n) is 14.7. The molecule has 0 saturated carbocycles. The van der Waals surface area contributed by atoms with Gasteiger partial charge in [0.05, 0.1) is 33.8 Å². The molecule has 0 aliphatic rings. The molecule has 2 N–H and O–H groups in total. The van der Waals surface area contributed by atoms with E-state index < -0.39 is 20.0 Å². The zero-order chi connectivity index (χ0) is 60.7. The molecule has 83 heavy (non-hydrogen) atoms. The van der Waals surface area contributed by atoms with E-state index in [1.807, 2.05) is 33.3 Å². The van der Waals surface area contributed by atoms with E-state index in [0.29, 0.717) is 23.9 Å². The van der Waals surface area contributed by atoms with Crippen LogP contribution in [0.2, 0.25) is 0 Å². The molecule has 0 aliphatic heterocycles. The molecular weight excluding hydrogens is 1050 g/mol. The molecule has 0 aliphatic carbocycles. The first-order valence-electron chi connectivity index (χ1n) is 34.2. The Kier molecular flexibility index (Phi) is 59.3. The van der Waals surface area contributed by atoms with Crippen molar-refractivity contribution in [2.45, 2.75) is 303 Å². The van der Waals surface area contributed by atoms with E-state index in [-0.39, 0.29) is 31.5 Å². The minimum atomic E-state index is -4.47. The summed E-state index contributed by atoms with van der Waals surface area (Å²) >= 11 is 0. The maximum atomic E-state index is 13.6. The van der Waals surface area contributed by atoms with E-state index in [4.69, 9.17) is 13.8 Å². The van der Waals surface area contributed by atoms with Crippen molar-refractivity contribution in [1.82, 2.24) is 5.32 Å². The molecule has 0 spiro atoms. The molecule has 0 heterocycles. The van der Waals surface area contributed by atoms with Crippen molar-refractivity contribution in [1.29, 1.82) is 0 Å². The van der Waals surface area contributed by atoms with Crippen LogP contribution in [0.4, 0.5) is 0 Å². The number of hydrogen-bond donors (Lipinski definition) is 2. The number of carbonyl (C=O) groups excluding carboxylic acids is 2. The standard InChI is InChI=1S/C73H129N2O7P/c1-7-10-13-16-19-22-25-28-30-32-34-35-36-37-38-39-41-42-44-47-50-53-56-59-62-65-72(76)74-70(69-81-83(78,79)80-68-67-75(4,5)6)71(64-61-58-55-52-49-46-27-24-21-18-15-12-9-3)82-73(77)66-63-60-57-54-51-48-45-43-40-33-31-29-26-23-20-17-14-11-8-2/h11,14,19-20,22-23,28-31,34-35,40,43,48,51,61,64,70-71H,7-10,12-13,15-18,21,24-27,32-33,36-39,41-42,44-47,49-50,52-60,62-63,65-69H2,1-6H3,(H-,74,76,78,79)/p+1/b14-11-,22-19-,23-20-,30-28-,31-29-,35-34-,43-40-,51-48-,64-61-. The second-order valence-electron chi connectivity index (χ2n) is 24.0. The van der Waals surface area contributed by atoms with Crippen LogP contribution in [0.3, 0.4) is 0 Å². The molecule has 0 fully saturated rings. The molecule has 3 unspecified atom stereocenters. The van der Waals surface area contributed by atoms with E-state index >= 15 is 0 Å². The Morgan fingerprint density at radius 1 is 0.434 bits per heavy atom. The summed E-state index contributed by atoms with van der Waals surface area (Å²) in [7, 11) is 1.47. The van der Waals surface area contributed by atoms with Gasteiger partial charge in [-0.3, -0.25) is 18.6 Å². The molecular formula is C73H130N2O7P+. The van der Waals surface area contributed by atoms with Crippen molar-refractivity contribution in [3.8, 4) is 0 Å². The number of quaternary nitrogens is 1. The van der Waals surface area contributed by atoms with Gasteiger partial charge in [0.2, 0.25) is 5.91 Å². The molecule has 0 radical (unpaired) electrons. The Bertz CT molecular complexity index is 1790. The van der Waals surface area contributed by atoms with Crippen molar-refractivity contribution < 1.29 is 37.3 Å². The summed E-state index contributed by atoms with van der Waals surface area (Å²) in [5, 5.41) is 3.06. The number of phosphoric acid groups is 1. The minimum absolute atomic E-state index is 0.0296. The monoisotopic (exact) mass is 1180 g/mol. The normalized spacial score (nSPS) is 14.3. The number of phosphoric ester groups is 1. The summed E-state index contributed by atoms with van der Waals surface area (Å²) in [5.41, 5.74) is 0. The molecule has 9 nitrogen and oxygen atoms in total. The zero-order valence-corrected chi connectivity index (χ0v) is 55.6. The van der Waals surface area contributed by atoms with Gasteiger partial charge in [-0.05, 0) is 115 Å². The third-order valence-corrected chi connectivity index (χ3v) is 15.7. The van der Waals surface area contributed by atoms with Gasteiger partial charge in [-0.25, -0.2) is 4.57 Å². The lowest BCUT2D eigenvalue weighted by atomic mass is 10.0. The summed E-state index contributed by atoms with van der Waals surface area (Å²) in [5.74, 6) is -0.545. The van der Waals surface area contributed by atoms with Crippen LogP contribution in [0.1, 0.15) is 290 Å². The molecule has 0 saturated heterocycles. The van der Waals surface area contributed by atoms with E-state index in [1.165, 1.54) is 148 Å². The molecule has 0 aromatic heterocycles. The van der Waals surface area contributed by atoms with Gasteiger partial charge in [0, 0.05) is 12.8 Å². The van der Waals surface area contributed by atoms with Crippen LogP contribution >= 0.6 is 7.82 Å². The highest BCUT2D eigenvalue weighted by Gasteiger charge is 2.30. The van der Waals surface area contributed by atoms with Crippen LogP contribution < -0.4 is 5.32 Å². The van der Waals surface area contributed by atoms with Gasteiger partial charge in [-0.15, -0.1) is 0 Å². The lowest BCUT2D eigenvalue weighted by molar-refractivity contribution is -0.870. The fraction of sp³-hybridized carbons (Fsp3) is 0.726. The zero-order valence-electron chi connectivity index (χ0n) is 54.7. The number of likely N-dealkylation sites (N-methyl/N-ethyl adjacent to an activating group) is 1. The van der Waals surface area contributed by atoms with Crippen LogP contribution in [0.5, 0.6) is 0 Å². The molecule has 0 bridgehead atoms. The molecule has 0 aromatic carbocycles. The van der Waals surface area contributed by atoms with Crippen LogP contribution in [-0.4, -0.2) is 74.3 Å². The number of esters is 1. The quantitative estimate of drug-likeness (QED) is 0.0205. The molecule has 478 valence electrons. The number of hydrogen-bond acceptors (Lipinski definition) is 6. The fourth-order valence-corrected chi connectivity index (χ4v) is 10.2. The Hall–Kier alpha value is -3.33. The summed E-state index contributed by atoms with van der Waals surface area (Å²) in [4.78, 5) is 37.9. The smallest absolute Gasteiger partial charge is 0.456 e. The second-order valence-corrected chi connectivity index (χ2v) is 25.4. The Morgan fingerprint density at radius 3 is 1.19 bits per heavy atom. The fourth-order valence-electron chi connectivity index (χ4n) is 9.44. The van der Waals surface area contributed by atoms with Gasteiger partial charge in [-0.2, -0.15) is 0 Å². The van der Waals surface area contributed by atoms with Gasteiger partial charge in [0.25, 0.3) is 0 Å². The van der Waals surface area contributed by atoms with Crippen LogP contribution in [-0.2, 0) is 27.9 Å². The number of nitrogens with one attached hydrogen (secondary N) is 1. The van der Waals surface area contributed by atoms with E-state index in [9.17, 15) is 19.0 Å². The van der Waals surface area contributed by atoms with E-state index in [0.717, 1.165) is 103 Å². The van der Waals surface area contributed by atoms with Crippen molar-refractivity contribution in [3.63, 3.8) is 0 Å². The number of allylic oxidation sites excluding steroid dienone is 17. The minimum Gasteiger partial charge on any atom is -0.456 e. The van der Waals surface area contributed by atoms with Crippen molar-refractivity contribution in [3.05, 3.63) is 109 Å². The van der Waals surface area contributed by atoms with Crippen LogP contribution in [0.15, 0.2) is 109 Å². The van der Waals surface area contributed by atoms with Gasteiger partial charge < -0.3 is 19.4 Å². The number of ether oxygens (including phenoxy) is 1. The number of amides is 1. The summed E-state index contributed by atoms with van der Waals surface area (Å²) in [6.45, 7) is 6.86. The maximum absolute atomic E-state index is 13.6. The molecule has 0 aromatic rings. The SMILES string of the molecule is CC/C=C\C/C=C\C/C=C\C/C=C\C/C=C\CCCCCC(=O)OC(/C=C\CCCCCCCCCCCCC)C(COP(=O)(O)OCC[N+](C)(C)C)NC(=O)CCCCCCCCCCCCCC/C=C\C/C=C\C/C=C\CCCCC. The predicted octanol–water partition coefficient (Wildman–Crippen LogP) is 21.7. The van der Waals surface area contributed by atoms with E-state index in [1.54, 1.807) is 0 Å². The largest absolute Gasteiger partial charge is 0.472 e. The summed E-state index contributed by atoms with van der Waals surface area (Å²) in [6.07, 6.45) is 85.2. The summed E-state index contributed by atoms with van der Waals surface area (Å²) in [6, 6.07) is -0.871. The van der Waals surface area contributed by atoms with Gasteiger partial charge in [-0.1, -0.05) is 272 Å². The highest BCUT2D eigenvalue weighted by Crippen LogP contribution is 2.43. The lowest BCUT2D eigenvalue weighted by Crippen LogP contribution is -2.47. The third kappa shape index (κ3) is 63.0. The first-order chi connectivity index (χ1) is 40.4. The Labute approximate surface area is 512 Å². The topological polar surface area (TPSA) is 111 Å². The number of carbonyl (C=O) groups is 2. The Morgan fingerprint density at radius 2 is 0.771 bits per heavy atom. The molecule has 1 amide bonds. The molecule has 10 heteroatoms. The van der Waals surface area contributed by atoms with Crippen LogP contribution in [0, 0.1) is 0 Å². The molecule has 0 rings (SSSR count). The number of nitrogens with zero attached hydrogens (tertiary/aromatic N) is 1. The number of rotatable bonds is 61. The Balaban J connectivity index is 5.20. The highest BCUT2D eigenvalue weighted by molar-refractivity contribution is 7.47. The second kappa shape index (κ2) is 61.7.